The lowest BCUT2D eigenvalue weighted by molar-refractivity contribution is 0.605. The van der Waals surface area contributed by atoms with E-state index in [0.29, 0.717) is 0 Å². The van der Waals surface area contributed by atoms with E-state index in [-0.39, 0.29) is 0 Å². The van der Waals surface area contributed by atoms with Crippen molar-refractivity contribution in [1.29, 1.82) is 0 Å². The maximum absolute atomic E-state index is 5.48. The Kier molecular flexibility index (Phi) is 4.66. The molecule has 0 unspecified atom stereocenters. The van der Waals surface area contributed by atoms with E-state index in [1.165, 1.54) is 17.8 Å². The van der Waals surface area contributed by atoms with Gasteiger partial charge >= 0.3 is 0 Å². The van der Waals surface area contributed by atoms with Crippen LogP contribution in [0.1, 0.15) is 38.1 Å². The molecule has 1 aromatic heterocycles. The molecule has 0 aromatic carbocycles. The van der Waals surface area contributed by atoms with Crippen molar-refractivity contribution in [2.24, 2.45) is 5.73 Å². The first kappa shape index (κ1) is 11.2. The molecule has 0 aliphatic rings. The fourth-order valence-corrected chi connectivity index (χ4v) is 1.65. The SMILES string of the molecule is CCCc1cc(CCCN)nn1CC. The molecule has 80 valence electrons. The molecule has 1 heterocycles. The Balaban J connectivity index is 2.67. The second kappa shape index (κ2) is 5.81. The quantitative estimate of drug-likeness (QED) is 0.751. The van der Waals surface area contributed by atoms with E-state index in [4.69, 9.17) is 5.73 Å². The van der Waals surface area contributed by atoms with Gasteiger partial charge in [-0.15, -0.1) is 0 Å². The van der Waals surface area contributed by atoms with Crippen LogP contribution < -0.4 is 5.73 Å². The Morgan fingerprint density at radius 1 is 1.36 bits per heavy atom. The topological polar surface area (TPSA) is 43.8 Å². The molecule has 0 bridgehead atoms. The monoisotopic (exact) mass is 195 g/mol. The fraction of sp³-hybridized carbons (Fsp3) is 0.727. The molecular weight excluding hydrogens is 174 g/mol. The van der Waals surface area contributed by atoms with Crippen LogP contribution >= 0.6 is 0 Å². The number of hydrogen-bond donors (Lipinski definition) is 1. The van der Waals surface area contributed by atoms with Gasteiger partial charge in [-0.25, -0.2) is 0 Å². The van der Waals surface area contributed by atoms with Crippen LogP contribution in [0.25, 0.3) is 0 Å². The van der Waals surface area contributed by atoms with Gasteiger partial charge in [-0.3, -0.25) is 4.68 Å². The Labute approximate surface area is 86.3 Å². The van der Waals surface area contributed by atoms with Crippen molar-refractivity contribution in [1.82, 2.24) is 9.78 Å². The van der Waals surface area contributed by atoms with Crippen LogP contribution in [0.2, 0.25) is 0 Å². The van der Waals surface area contributed by atoms with E-state index in [2.05, 4.69) is 29.7 Å². The largest absolute Gasteiger partial charge is 0.330 e. The summed E-state index contributed by atoms with van der Waals surface area (Å²) < 4.78 is 2.11. The number of hydrogen-bond acceptors (Lipinski definition) is 2. The lowest BCUT2D eigenvalue weighted by atomic mass is 10.2. The molecule has 0 spiro atoms. The molecule has 2 N–H and O–H groups in total. The molecule has 14 heavy (non-hydrogen) atoms. The predicted octanol–water partition coefficient (Wildman–Crippen LogP) is 1.75. The maximum atomic E-state index is 5.48. The smallest absolute Gasteiger partial charge is 0.0628 e. The van der Waals surface area contributed by atoms with Crippen LogP contribution in [-0.4, -0.2) is 16.3 Å². The molecule has 3 nitrogen and oxygen atoms in total. The van der Waals surface area contributed by atoms with Crippen molar-refractivity contribution < 1.29 is 0 Å². The fourth-order valence-electron chi connectivity index (χ4n) is 1.65. The van der Waals surface area contributed by atoms with Crippen LogP contribution in [0, 0.1) is 0 Å². The second-order valence-corrected chi connectivity index (χ2v) is 3.59. The van der Waals surface area contributed by atoms with Gasteiger partial charge in [0.25, 0.3) is 0 Å². The third-order valence-corrected chi connectivity index (χ3v) is 2.36. The van der Waals surface area contributed by atoms with Crippen molar-refractivity contribution in [3.05, 3.63) is 17.5 Å². The van der Waals surface area contributed by atoms with E-state index in [9.17, 15) is 0 Å². The molecule has 3 heteroatoms. The number of nitrogens with two attached hydrogens (primary N) is 1. The molecular formula is C11H21N3. The molecule has 1 rings (SSSR count). The second-order valence-electron chi connectivity index (χ2n) is 3.59. The molecule has 0 fully saturated rings. The van der Waals surface area contributed by atoms with E-state index in [0.717, 1.165) is 32.4 Å². The molecule has 0 aliphatic carbocycles. The Morgan fingerprint density at radius 2 is 2.14 bits per heavy atom. The van der Waals surface area contributed by atoms with Gasteiger partial charge < -0.3 is 5.73 Å². The third kappa shape index (κ3) is 2.84. The van der Waals surface area contributed by atoms with Crippen molar-refractivity contribution in [3.63, 3.8) is 0 Å². The molecule has 1 aromatic rings. The number of aromatic nitrogens is 2. The summed E-state index contributed by atoms with van der Waals surface area (Å²) in [7, 11) is 0. The predicted molar refractivity (Wildman–Crippen MR) is 59.3 cm³/mol. The maximum Gasteiger partial charge on any atom is 0.0628 e. The van der Waals surface area contributed by atoms with Gasteiger partial charge in [0.2, 0.25) is 0 Å². The number of rotatable bonds is 6. The van der Waals surface area contributed by atoms with Crippen LogP contribution in [0.4, 0.5) is 0 Å². The lowest BCUT2D eigenvalue weighted by Gasteiger charge is -2.01. The average Bonchev–Trinajstić information content (AvgIpc) is 2.58. The standard InChI is InChI=1S/C11H21N3/c1-3-6-11-9-10(7-5-8-12)13-14(11)4-2/h9H,3-8,12H2,1-2H3. The van der Waals surface area contributed by atoms with Gasteiger partial charge in [0.1, 0.15) is 0 Å². The highest BCUT2D eigenvalue weighted by Gasteiger charge is 2.04. The summed E-state index contributed by atoms with van der Waals surface area (Å²) in [4.78, 5) is 0. The minimum absolute atomic E-state index is 0.752. The summed E-state index contributed by atoms with van der Waals surface area (Å²) in [5.74, 6) is 0. The summed E-state index contributed by atoms with van der Waals surface area (Å²) in [6, 6.07) is 2.22. The first-order valence-corrected chi connectivity index (χ1v) is 5.57. The van der Waals surface area contributed by atoms with Crippen LogP contribution in [0.15, 0.2) is 6.07 Å². The van der Waals surface area contributed by atoms with Gasteiger partial charge in [-0.05, 0) is 38.8 Å². The van der Waals surface area contributed by atoms with Crippen molar-refractivity contribution >= 4 is 0 Å². The highest BCUT2D eigenvalue weighted by Crippen LogP contribution is 2.08. The normalized spacial score (nSPS) is 10.8. The van der Waals surface area contributed by atoms with E-state index in [1.54, 1.807) is 0 Å². The molecule has 0 atom stereocenters. The first-order chi connectivity index (χ1) is 6.81. The van der Waals surface area contributed by atoms with Gasteiger partial charge in [-0.1, -0.05) is 13.3 Å². The molecule has 0 radical (unpaired) electrons. The average molecular weight is 195 g/mol. The summed E-state index contributed by atoms with van der Waals surface area (Å²) in [6.45, 7) is 6.06. The molecule has 0 amide bonds. The van der Waals surface area contributed by atoms with Crippen LogP contribution in [0.3, 0.4) is 0 Å². The van der Waals surface area contributed by atoms with Gasteiger partial charge in [0.05, 0.1) is 5.69 Å². The minimum Gasteiger partial charge on any atom is -0.330 e. The number of aryl methyl sites for hydroxylation is 3. The lowest BCUT2D eigenvalue weighted by Crippen LogP contribution is -2.03. The Morgan fingerprint density at radius 3 is 2.71 bits per heavy atom. The van der Waals surface area contributed by atoms with Crippen molar-refractivity contribution in [2.75, 3.05) is 6.54 Å². The van der Waals surface area contributed by atoms with Crippen LogP contribution in [0.5, 0.6) is 0 Å². The summed E-state index contributed by atoms with van der Waals surface area (Å²) in [6.07, 6.45) is 4.36. The third-order valence-electron chi connectivity index (χ3n) is 2.36. The summed E-state index contributed by atoms with van der Waals surface area (Å²) >= 11 is 0. The van der Waals surface area contributed by atoms with Crippen molar-refractivity contribution in [2.45, 2.75) is 46.1 Å². The zero-order chi connectivity index (χ0) is 10.4. The molecule has 0 aliphatic heterocycles. The van der Waals surface area contributed by atoms with Gasteiger partial charge in [-0.2, -0.15) is 5.10 Å². The molecule has 0 saturated carbocycles. The summed E-state index contributed by atoms with van der Waals surface area (Å²) in [5.41, 5.74) is 8.04. The zero-order valence-electron chi connectivity index (χ0n) is 9.29. The van der Waals surface area contributed by atoms with Crippen molar-refractivity contribution in [3.8, 4) is 0 Å². The van der Waals surface area contributed by atoms with E-state index in [1.807, 2.05) is 0 Å². The number of nitrogens with zero attached hydrogens (tertiary/aromatic N) is 2. The Hall–Kier alpha value is -0.830. The minimum atomic E-state index is 0.752. The summed E-state index contributed by atoms with van der Waals surface area (Å²) in [5, 5.41) is 4.55. The van der Waals surface area contributed by atoms with E-state index < -0.39 is 0 Å². The Bertz CT molecular complexity index is 265. The first-order valence-electron chi connectivity index (χ1n) is 5.57. The van der Waals surface area contributed by atoms with E-state index >= 15 is 0 Å². The zero-order valence-corrected chi connectivity index (χ0v) is 9.29. The highest BCUT2D eigenvalue weighted by molar-refractivity contribution is 5.10. The van der Waals surface area contributed by atoms with Gasteiger partial charge in [0.15, 0.2) is 0 Å². The molecule has 0 saturated heterocycles. The van der Waals surface area contributed by atoms with Gasteiger partial charge in [0, 0.05) is 12.2 Å². The highest BCUT2D eigenvalue weighted by atomic mass is 15.3. The van der Waals surface area contributed by atoms with Crippen LogP contribution in [-0.2, 0) is 19.4 Å².